The quantitative estimate of drug-likeness (QED) is 0.776. The first-order chi connectivity index (χ1) is 8.08. The molecule has 0 aromatic heterocycles. The Morgan fingerprint density at radius 3 is 2.41 bits per heavy atom. The number of rotatable bonds is 6. The molecule has 0 radical (unpaired) electrons. The Hall–Kier alpha value is -0.120. The highest BCUT2D eigenvalue weighted by Crippen LogP contribution is 2.29. The third kappa shape index (κ3) is 3.43. The molecule has 1 rings (SSSR count). The van der Waals surface area contributed by atoms with E-state index in [0.29, 0.717) is 6.54 Å². The van der Waals surface area contributed by atoms with Crippen LogP contribution in [0, 0.1) is 5.92 Å². The molecule has 17 heavy (non-hydrogen) atoms. The van der Waals surface area contributed by atoms with Gasteiger partial charge in [-0.25, -0.2) is 0 Å². The number of methoxy groups -OCH3 is 1. The zero-order valence-electron chi connectivity index (χ0n) is 12.0. The van der Waals surface area contributed by atoms with Crippen molar-refractivity contribution in [2.45, 2.75) is 58.1 Å². The molecule has 2 atom stereocenters. The van der Waals surface area contributed by atoms with Crippen LogP contribution in [-0.4, -0.2) is 43.3 Å². The van der Waals surface area contributed by atoms with E-state index in [2.05, 4.69) is 25.7 Å². The van der Waals surface area contributed by atoms with E-state index in [4.69, 9.17) is 10.5 Å². The molecule has 0 aliphatic carbocycles. The van der Waals surface area contributed by atoms with Crippen molar-refractivity contribution in [3.8, 4) is 0 Å². The van der Waals surface area contributed by atoms with Gasteiger partial charge in [-0.05, 0) is 45.7 Å². The number of nitrogens with zero attached hydrogens (tertiary/aromatic N) is 1. The standard InChI is InChI=1S/C14H30N2O/c1-5-6-13-7-9-16(10-8-13)14(3,11-15)12(2)17-4/h12-13H,5-11,15H2,1-4H3. The van der Waals surface area contributed by atoms with Crippen molar-refractivity contribution in [1.82, 2.24) is 4.90 Å². The van der Waals surface area contributed by atoms with E-state index < -0.39 is 0 Å². The van der Waals surface area contributed by atoms with Crippen LogP contribution in [0.2, 0.25) is 0 Å². The molecule has 0 aromatic rings. The smallest absolute Gasteiger partial charge is 0.0736 e. The van der Waals surface area contributed by atoms with E-state index in [1.165, 1.54) is 38.8 Å². The minimum Gasteiger partial charge on any atom is -0.380 e. The Morgan fingerprint density at radius 1 is 1.41 bits per heavy atom. The highest BCUT2D eigenvalue weighted by molar-refractivity contribution is 4.94. The number of nitrogens with two attached hydrogens (primary N) is 1. The molecule has 0 spiro atoms. The fraction of sp³-hybridized carbons (Fsp3) is 1.00. The first kappa shape index (κ1) is 14.9. The van der Waals surface area contributed by atoms with Crippen LogP contribution in [0.1, 0.15) is 46.5 Å². The Labute approximate surface area is 107 Å². The average molecular weight is 242 g/mol. The molecule has 0 amide bonds. The SMILES string of the molecule is CCCC1CCN(C(C)(CN)C(C)OC)CC1. The van der Waals surface area contributed by atoms with Crippen molar-refractivity contribution in [2.75, 3.05) is 26.7 Å². The van der Waals surface area contributed by atoms with E-state index in [0.717, 1.165) is 5.92 Å². The van der Waals surface area contributed by atoms with Gasteiger partial charge in [-0.15, -0.1) is 0 Å². The molecule has 0 saturated carbocycles. The average Bonchev–Trinajstić information content (AvgIpc) is 2.38. The van der Waals surface area contributed by atoms with Gasteiger partial charge in [0, 0.05) is 13.7 Å². The van der Waals surface area contributed by atoms with E-state index in [-0.39, 0.29) is 11.6 Å². The normalized spacial score (nSPS) is 24.5. The molecule has 1 saturated heterocycles. The van der Waals surface area contributed by atoms with Crippen LogP contribution >= 0.6 is 0 Å². The van der Waals surface area contributed by atoms with E-state index in [1.54, 1.807) is 7.11 Å². The topological polar surface area (TPSA) is 38.5 Å². The molecule has 1 aliphatic heterocycles. The molecule has 3 nitrogen and oxygen atoms in total. The summed E-state index contributed by atoms with van der Waals surface area (Å²) in [5, 5.41) is 0. The Morgan fingerprint density at radius 2 is 2.00 bits per heavy atom. The van der Waals surface area contributed by atoms with E-state index >= 15 is 0 Å². The highest BCUT2D eigenvalue weighted by atomic mass is 16.5. The lowest BCUT2D eigenvalue weighted by molar-refractivity contribution is -0.0447. The van der Waals surface area contributed by atoms with Crippen LogP contribution in [0.3, 0.4) is 0 Å². The van der Waals surface area contributed by atoms with E-state index in [1.807, 2.05) is 0 Å². The van der Waals surface area contributed by atoms with Crippen LogP contribution in [0.25, 0.3) is 0 Å². The molecule has 0 aromatic carbocycles. The lowest BCUT2D eigenvalue weighted by Crippen LogP contribution is -2.60. The minimum atomic E-state index is -0.00800. The van der Waals surface area contributed by atoms with Gasteiger partial charge < -0.3 is 10.5 Å². The number of hydrogen-bond acceptors (Lipinski definition) is 3. The summed E-state index contributed by atoms with van der Waals surface area (Å²) >= 11 is 0. The van der Waals surface area contributed by atoms with Gasteiger partial charge in [-0.2, -0.15) is 0 Å². The first-order valence-electron chi connectivity index (χ1n) is 7.06. The predicted octanol–water partition coefficient (Wildman–Crippen LogP) is 2.25. The maximum atomic E-state index is 5.99. The van der Waals surface area contributed by atoms with Crippen LogP contribution in [-0.2, 0) is 4.74 Å². The summed E-state index contributed by atoms with van der Waals surface area (Å²) in [6, 6.07) is 0. The van der Waals surface area contributed by atoms with Gasteiger partial charge in [0.05, 0.1) is 11.6 Å². The first-order valence-corrected chi connectivity index (χ1v) is 7.06. The van der Waals surface area contributed by atoms with Gasteiger partial charge in [-0.1, -0.05) is 19.8 Å². The monoisotopic (exact) mass is 242 g/mol. The third-order valence-electron chi connectivity index (χ3n) is 4.68. The van der Waals surface area contributed by atoms with Crippen molar-refractivity contribution >= 4 is 0 Å². The summed E-state index contributed by atoms with van der Waals surface area (Å²) < 4.78 is 5.51. The summed E-state index contributed by atoms with van der Waals surface area (Å²) in [6.07, 6.45) is 5.52. The third-order valence-corrected chi connectivity index (χ3v) is 4.68. The number of likely N-dealkylation sites (tertiary alicyclic amines) is 1. The lowest BCUT2D eigenvalue weighted by atomic mass is 9.86. The van der Waals surface area contributed by atoms with Crippen LogP contribution < -0.4 is 5.73 Å². The summed E-state index contributed by atoms with van der Waals surface area (Å²) in [5.41, 5.74) is 5.98. The number of hydrogen-bond donors (Lipinski definition) is 1. The van der Waals surface area contributed by atoms with Gasteiger partial charge in [0.1, 0.15) is 0 Å². The summed E-state index contributed by atoms with van der Waals surface area (Å²) in [5.74, 6) is 0.927. The summed E-state index contributed by atoms with van der Waals surface area (Å²) in [7, 11) is 1.78. The van der Waals surface area contributed by atoms with E-state index in [9.17, 15) is 0 Å². The van der Waals surface area contributed by atoms with Crippen molar-refractivity contribution < 1.29 is 4.74 Å². The second-order valence-corrected chi connectivity index (χ2v) is 5.66. The molecule has 1 heterocycles. The Bertz CT molecular complexity index is 214. The molecular formula is C14H30N2O. The molecule has 1 fully saturated rings. The molecule has 2 N–H and O–H groups in total. The maximum absolute atomic E-state index is 5.99. The van der Waals surface area contributed by atoms with Crippen LogP contribution in [0.4, 0.5) is 0 Å². The fourth-order valence-electron chi connectivity index (χ4n) is 2.95. The Kier molecular flexibility index (Phi) is 5.90. The number of piperidine rings is 1. The largest absolute Gasteiger partial charge is 0.380 e. The van der Waals surface area contributed by atoms with Crippen LogP contribution in [0.5, 0.6) is 0 Å². The van der Waals surface area contributed by atoms with Gasteiger partial charge in [0.25, 0.3) is 0 Å². The molecular weight excluding hydrogens is 212 g/mol. The molecule has 0 bridgehead atoms. The van der Waals surface area contributed by atoms with Gasteiger partial charge in [0.2, 0.25) is 0 Å². The maximum Gasteiger partial charge on any atom is 0.0736 e. The van der Waals surface area contributed by atoms with Gasteiger partial charge in [-0.3, -0.25) is 4.90 Å². The highest BCUT2D eigenvalue weighted by Gasteiger charge is 2.38. The van der Waals surface area contributed by atoms with Gasteiger partial charge >= 0.3 is 0 Å². The second-order valence-electron chi connectivity index (χ2n) is 5.66. The van der Waals surface area contributed by atoms with Crippen molar-refractivity contribution in [2.24, 2.45) is 11.7 Å². The fourth-order valence-corrected chi connectivity index (χ4v) is 2.95. The summed E-state index contributed by atoms with van der Waals surface area (Å²) in [4.78, 5) is 2.54. The summed E-state index contributed by atoms with van der Waals surface area (Å²) in [6.45, 7) is 9.66. The van der Waals surface area contributed by atoms with Crippen molar-refractivity contribution in [1.29, 1.82) is 0 Å². The van der Waals surface area contributed by atoms with Crippen molar-refractivity contribution in [3.05, 3.63) is 0 Å². The number of ether oxygens (including phenoxy) is 1. The second kappa shape index (κ2) is 6.72. The molecule has 102 valence electrons. The van der Waals surface area contributed by atoms with Gasteiger partial charge in [0.15, 0.2) is 0 Å². The minimum absolute atomic E-state index is 0.00800. The molecule has 2 unspecified atom stereocenters. The lowest BCUT2D eigenvalue weighted by Gasteiger charge is -2.47. The predicted molar refractivity (Wildman–Crippen MR) is 73.1 cm³/mol. The Balaban J connectivity index is 2.56. The van der Waals surface area contributed by atoms with Crippen LogP contribution in [0.15, 0.2) is 0 Å². The molecule has 1 aliphatic rings. The zero-order valence-corrected chi connectivity index (χ0v) is 12.0. The zero-order chi connectivity index (χ0) is 12.9. The van der Waals surface area contributed by atoms with Crippen molar-refractivity contribution in [3.63, 3.8) is 0 Å². The molecule has 3 heteroatoms.